The summed E-state index contributed by atoms with van der Waals surface area (Å²) >= 11 is 0. The molecular formula is C9H18ClNO2. The number of rotatable bonds is 2. The quantitative estimate of drug-likeness (QED) is 0.698. The predicted molar refractivity (Wildman–Crippen MR) is 54.1 cm³/mol. The molecule has 0 aliphatic carbocycles. The van der Waals surface area contributed by atoms with Crippen LogP contribution in [0, 0.1) is 0 Å². The molecule has 2 atom stereocenters. The van der Waals surface area contributed by atoms with E-state index in [9.17, 15) is 4.79 Å². The van der Waals surface area contributed by atoms with Gasteiger partial charge >= 0.3 is 5.97 Å². The van der Waals surface area contributed by atoms with Crippen molar-refractivity contribution in [1.29, 1.82) is 0 Å². The first-order valence-electron chi connectivity index (χ1n) is 4.61. The summed E-state index contributed by atoms with van der Waals surface area (Å²) in [5.74, 6) is -0.185. The molecule has 78 valence electrons. The topological polar surface area (TPSA) is 38.3 Å². The molecule has 1 fully saturated rings. The normalized spacial score (nSPS) is 24.3. The van der Waals surface area contributed by atoms with Crippen LogP contribution in [0.5, 0.6) is 0 Å². The number of carbonyl (C=O) groups is 1. The van der Waals surface area contributed by atoms with Gasteiger partial charge in [0.2, 0.25) is 0 Å². The van der Waals surface area contributed by atoms with Crippen LogP contribution in [-0.4, -0.2) is 24.7 Å². The first-order chi connectivity index (χ1) is 5.70. The van der Waals surface area contributed by atoms with E-state index in [4.69, 9.17) is 4.74 Å². The van der Waals surface area contributed by atoms with Crippen LogP contribution in [0.4, 0.5) is 0 Å². The highest BCUT2D eigenvalue weighted by Gasteiger charge is 2.21. The van der Waals surface area contributed by atoms with Crippen LogP contribution in [0.15, 0.2) is 0 Å². The molecule has 4 heteroatoms. The first-order valence-corrected chi connectivity index (χ1v) is 4.61. The Morgan fingerprint density at radius 3 is 2.69 bits per heavy atom. The highest BCUT2D eigenvalue weighted by Crippen LogP contribution is 2.12. The summed E-state index contributed by atoms with van der Waals surface area (Å²) in [5, 5.41) is 3.35. The summed E-state index contributed by atoms with van der Waals surface area (Å²) in [6, 6.07) is 0.364. The summed E-state index contributed by atoms with van der Waals surface area (Å²) in [6.07, 6.45) is 3.61. The van der Waals surface area contributed by atoms with Crippen molar-refractivity contribution in [3.8, 4) is 0 Å². The molecular weight excluding hydrogens is 190 g/mol. The van der Waals surface area contributed by atoms with E-state index in [-0.39, 0.29) is 24.5 Å². The molecule has 0 saturated carbocycles. The molecule has 0 bridgehead atoms. The molecule has 13 heavy (non-hydrogen) atoms. The molecule has 1 aliphatic heterocycles. The second-order valence-corrected chi connectivity index (χ2v) is 3.37. The van der Waals surface area contributed by atoms with Gasteiger partial charge in [-0.2, -0.15) is 0 Å². The number of ether oxygens (including phenoxy) is 1. The Labute approximate surface area is 85.6 Å². The minimum atomic E-state index is -0.185. The van der Waals surface area contributed by atoms with Gasteiger partial charge < -0.3 is 10.1 Å². The molecule has 1 rings (SSSR count). The smallest absolute Gasteiger partial charge is 0.302 e. The molecule has 0 spiro atoms. The first kappa shape index (κ1) is 12.7. The fourth-order valence-corrected chi connectivity index (χ4v) is 1.62. The van der Waals surface area contributed by atoms with E-state index in [1.165, 1.54) is 19.8 Å². The van der Waals surface area contributed by atoms with Crippen LogP contribution in [0.3, 0.4) is 0 Å². The van der Waals surface area contributed by atoms with Crippen molar-refractivity contribution in [2.24, 2.45) is 0 Å². The molecule has 1 aliphatic rings. The molecule has 3 nitrogen and oxygen atoms in total. The lowest BCUT2D eigenvalue weighted by atomic mass is 10.0. The number of nitrogens with one attached hydrogen (secondary N) is 1. The van der Waals surface area contributed by atoms with E-state index >= 15 is 0 Å². The molecule has 1 saturated heterocycles. The largest absolute Gasteiger partial charge is 0.461 e. The van der Waals surface area contributed by atoms with Gasteiger partial charge in [-0.3, -0.25) is 4.79 Å². The highest BCUT2D eigenvalue weighted by atomic mass is 35.5. The Hall–Kier alpha value is -0.280. The van der Waals surface area contributed by atoms with Crippen molar-refractivity contribution in [3.63, 3.8) is 0 Å². The summed E-state index contributed by atoms with van der Waals surface area (Å²) in [4.78, 5) is 10.6. The second-order valence-electron chi connectivity index (χ2n) is 3.37. The van der Waals surface area contributed by atoms with E-state index in [1.54, 1.807) is 0 Å². The Morgan fingerprint density at radius 2 is 2.23 bits per heavy atom. The van der Waals surface area contributed by atoms with Gasteiger partial charge in [0.25, 0.3) is 0 Å². The maximum Gasteiger partial charge on any atom is 0.302 e. The lowest BCUT2D eigenvalue weighted by Gasteiger charge is -2.28. The molecule has 0 radical (unpaired) electrons. The van der Waals surface area contributed by atoms with Crippen LogP contribution < -0.4 is 5.32 Å². The minimum absolute atomic E-state index is 0. The van der Waals surface area contributed by atoms with Gasteiger partial charge in [0.15, 0.2) is 0 Å². The standard InChI is InChI=1S/C9H17NO2.ClH/c1-7(12-8(2)11)9-5-3-4-6-10-9;/h7,9-10H,3-6H2,1-2H3;1H. The summed E-state index contributed by atoms with van der Waals surface area (Å²) < 4.78 is 5.09. The fraction of sp³-hybridized carbons (Fsp3) is 0.889. The van der Waals surface area contributed by atoms with Crippen LogP contribution >= 0.6 is 12.4 Å². The van der Waals surface area contributed by atoms with Gasteiger partial charge in [-0.25, -0.2) is 0 Å². The zero-order chi connectivity index (χ0) is 8.97. The van der Waals surface area contributed by atoms with Gasteiger partial charge in [-0.1, -0.05) is 6.42 Å². The molecule has 0 aromatic heterocycles. The maximum atomic E-state index is 10.6. The lowest BCUT2D eigenvalue weighted by Crippen LogP contribution is -2.43. The van der Waals surface area contributed by atoms with Gasteiger partial charge in [-0.15, -0.1) is 12.4 Å². The number of hydrogen-bond donors (Lipinski definition) is 1. The Balaban J connectivity index is 0.00000144. The zero-order valence-corrected chi connectivity index (χ0v) is 9.02. The van der Waals surface area contributed by atoms with Crippen LogP contribution in [0.1, 0.15) is 33.1 Å². The summed E-state index contributed by atoms with van der Waals surface area (Å²) in [5.41, 5.74) is 0. The highest BCUT2D eigenvalue weighted by molar-refractivity contribution is 5.85. The molecule has 0 aromatic carbocycles. The predicted octanol–water partition coefficient (Wildman–Crippen LogP) is 1.50. The Morgan fingerprint density at radius 1 is 1.54 bits per heavy atom. The number of halogens is 1. The monoisotopic (exact) mass is 207 g/mol. The number of piperidine rings is 1. The lowest BCUT2D eigenvalue weighted by molar-refractivity contribution is -0.147. The molecule has 0 amide bonds. The van der Waals surface area contributed by atoms with Crippen molar-refractivity contribution in [3.05, 3.63) is 0 Å². The Bertz CT molecular complexity index is 158. The minimum Gasteiger partial charge on any atom is -0.461 e. The molecule has 2 unspecified atom stereocenters. The van der Waals surface area contributed by atoms with Gasteiger partial charge in [0.1, 0.15) is 6.10 Å². The van der Waals surface area contributed by atoms with Crippen molar-refractivity contribution in [2.45, 2.75) is 45.3 Å². The average Bonchev–Trinajstić information content (AvgIpc) is 2.05. The number of hydrogen-bond acceptors (Lipinski definition) is 3. The van der Waals surface area contributed by atoms with Crippen molar-refractivity contribution < 1.29 is 9.53 Å². The van der Waals surface area contributed by atoms with Gasteiger partial charge in [0.05, 0.1) is 0 Å². The second kappa shape index (κ2) is 6.22. The van der Waals surface area contributed by atoms with Gasteiger partial charge in [0, 0.05) is 13.0 Å². The fourth-order valence-electron chi connectivity index (χ4n) is 1.62. The third-order valence-electron chi connectivity index (χ3n) is 2.27. The van der Waals surface area contributed by atoms with E-state index in [0.29, 0.717) is 6.04 Å². The van der Waals surface area contributed by atoms with Crippen molar-refractivity contribution in [1.82, 2.24) is 5.32 Å². The van der Waals surface area contributed by atoms with Crippen LogP contribution in [-0.2, 0) is 9.53 Å². The third-order valence-corrected chi connectivity index (χ3v) is 2.27. The third kappa shape index (κ3) is 4.48. The van der Waals surface area contributed by atoms with Crippen molar-refractivity contribution in [2.75, 3.05) is 6.54 Å². The number of carbonyl (C=O) groups excluding carboxylic acids is 1. The maximum absolute atomic E-state index is 10.6. The van der Waals surface area contributed by atoms with Crippen LogP contribution in [0.25, 0.3) is 0 Å². The van der Waals surface area contributed by atoms with E-state index < -0.39 is 0 Å². The van der Waals surface area contributed by atoms with Gasteiger partial charge in [-0.05, 0) is 26.3 Å². The zero-order valence-electron chi connectivity index (χ0n) is 8.21. The van der Waals surface area contributed by atoms with E-state index in [1.807, 2.05) is 6.92 Å². The van der Waals surface area contributed by atoms with E-state index in [2.05, 4.69) is 5.32 Å². The Kier molecular flexibility index (Phi) is 6.08. The molecule has 0 aromatic rings. The summed E-state index contributed by atoms with van der Waals surface area (Å²) in [6.45, 7) is 4.46. The summed E-state index contributed by atoms with van der Waals surface area (Å²) in [7, 11) is 0. The van der Waals surface area contributed by atoms with E-state index in [0.717, 1.165) is 13.0 Å². The average molecular weight is 208 g/mol. The molecule has 1 N–H and O–H groups in total. The molecule has 1 heterocycles. The van der Waals surface area contributed by atoms with Crippen molar-refractivity contribution >= 4 is 18.4 Å². The number of esters is 1. The van der Waals surface area contributed by atoms with Crippen LogP contribution in [0.2, 0.25) is 0 Å². The SMILES string of the molecule is CC(=O)OC(C)C1CCCCN1.Cl.